The normalized spacial score (nSPS) is 11.2. The summed E-state index contributed by atoms with van der Waals surface area (Å²) < 4.78 is 10.9. The van der Waals surface area contributed by atoms with Crippen molar-refractivity contribution in [2.24, 2.45) is 5.10 Å². The van der Waals surface area contributed by atoms with E-state index in [2.05, 4.69) is 20.8 Å². The number of rotatable bonds is 7. The van der Waals surface area contributed by atoms with Crippen LogP contribution in [0.2, 0.25) is 0 Å². The van der Waals surface area contributed by atoms with Crippen molar-refractivity contribution in [2.45, 2.75) is 6.92 Å². The summed E-state index contributed by atoms with van der Waals surface area (Å²) in [6.45, 7) is 1.46. The predicted octanol–water partition coefficient (Wildman–Crippen LogP) is 1.88. The highest BCUT2D eigenvalue weighted by atomic mass is 32.1. The molecule has 1 aromatic carbocycles. The van der Waals surface area contributed by atoms with Crippen LogP contribution in [0.4, 0.5) is 0 Å². The van der Waals surface area contributed by atoms with Gasteiger partial charge in [0.15, 0.2) is 16.9 Å². The van der Waals surface area contributed by atoms with E-state index >= 15 is 0 Å². The van der Waals surface area contributed by atoms with Crippen LogP contribution in [0.1, 0.15) is 22.8 Å². The van der Waals surface area contributed by atoms with Crippen LogP contribution in [0.5, 0.6) is 11.5 Å². The third-order valence-corrected chi connectivity index (χ3v) is 5.27. The Labute approximate surface area is 175 Å². The summed E-state index contributed by atoms with van der Waals surface area (Å²) >= 11 is 1.31. The van der Waals surface area contributed by atoms with Gasteiger partial charge >= 0.3 is 0 Å². The maximum absolute atomic E-state index is 12.3. The highest BCUT2D eigenvalue weighted by Gasteiger charge is 2.13. The number of nitrogens with one attached hydrogen (secondary N) is 3. The van der Waals surface area contributed by atoms with E-state index in [1.165, 1.54) is 37.7 Å². The lowest BCUT2D eigenvalue weighted by Crippen LogP contribution is -2.35. The molecule has 3 aromatic rings. The van der Waals surface area contributed by atoms with Gasteiger partial charge in [0, 0.05) is 28.8 Å². The Bertz CT molecular complexity index is 1180. The van der Waals surface area contributed by atoms with E-state index in [4.69, 9.17) is 9.47 Å². The molecule has 3 N–H and O–H groups in total. The molecule has 0 saturated heterocycles. The average molecular weight is 428 g/mol. The van der Waals surface area contributed by atoms with Gasteiger partial charge < -0.3 is 19.8 Å². The van der Waals surface area contributed by atoms with Crippen LogP contribution < -0.4 is 25.6 Å². The molecule has 156 valence electrons. The predicted molar refractivity (Wildman–Crippen MR) is 115 cm³/mol. The standard InChI is InChI=1S/C20H20N4O5S/c1-11(13-10-30-19-14(25)6-7-21-18(13)19)23-24-17(26)9-22-20(27)12-4-5-15(28-2)16(8-12)29-3/h4-8,10H,9H2,1-3H3,(H,21,25)(H,22,27)(H,24,26)/b23-11+. The van der Waals surface area contributed by atoms with E-state index in [0.717, 1.165) is 5.56 Å². The fraction of sp³-hybridized carbons (Fsp3) is 0.200. The number of carbonyl (C=O) groups is 2. The van der Waals surface area contributed by atoms with Crippen molar-refractivity contribution in [3.05, 3.63) is 57.2 Å². The summed E-state index contributed by atoms with van der Waals surface area (Å²) in [6.07, 6.45) is 1.57. The van der Waals surface area contributed by atoms with Gasteiger partial charge in [-0.3, -0.25) is 14.4 Å². The molecule has 0 bridgehead atoms. The number of hydrogen-bond acceptors (Lipinski definition) is 7. The van der Waals surface area contributed by atoms with E-state index in [1.807, 2.05) is 0 Å². The SMILES string of the molecule is COc1ccc(C(=O)NCC(=O)N/N=C(\C)c2csc3c(=O)cc[nH]c23)cc1OC. The van der Waals surface area contributed by atoms with Crippen LogP contribution in [0.25, 0.3) is 10.2 Å². The Hall–Kier alpha value is -3.66. The first-order chi connectivity index (χ1) is 14.4. The number of aromatic amines is 1. The summed E-state index contributed by atoms with van der Waals surface area (Å²) in [5.41, 5.74) is 4.58. The highest BCUT2D eigenvalue weighted by Crippen LogP contribution is 2.27. The Balaban J connectivity index is 1.61. The van der Waals surface area contributed by atoms with Gasteiger partial charge in [-0.05, 0) is 25.1 Å². The zero-order chi connectivity index (χ0) is 21.7. The number of fused-ring (bicyclic) bond motifs is 1. The molecule has 0 fully saturated rings. The Morgan fingerprint density at radius 1 is 1.17 bits per heavy atom. The maximum Gasteiger partial charge on any atom is 0.259 e. The van der Waals surface area contributed by atoms with Crippen molar-refractivity contribution in [1.82, 2.24) is 15.7 Å². The Kier molecular flexibility index (Phi) is 6.48. The topological polar surface area (TPSA) is 122 Å². The second-order valence-corrected chi connectivity index (χ2v) is 7.06. The number of methoxy groups -OCH3 is 2. The Morgan fingerprint density at radius 2 is 1.93 bits per heavy atom. The number of aromatic nitrogens is 1. The molecule has 0 unspecified atom stereocenters. The zero-order valence-corrected chi connectivity index (χ0v) is 17.4. The van der Waals surface area contributed by atoms with Crippen LogP contribution in [-0.4, -0.2) is 43.3 Å². The summed E-state index contributed by atoms with van der Waals surface area (Å²) in [4.78, 5) is 39.2. The van der Waals surface area contributed by atoms with Crippen molar-refractivity contribution in [2.75, 3.05) is 20.8 Å². The Morgan fingerprint density at radius 3 is 2.67 bits per heavy atom. The number of nitrogens with zero attached hydrogens (tertiary/aromatic N) is 1. The lowest BCUT2D eigenvalue weighted by atomic mass is 10.2. The van der Waals surface area contributed by atoms with E-state index in [0.29, 0.717) is 33.0 Å². The second kappa shape index (κ2) is 9.23. The monoisotopic (exact) mass is 428 g/mol. The van der Waals surface area contributed by atoms with Crippen molar-refractivity contribution in [3.63, 3.8) is 0 Å². The van der Waals surface area contributed by atoms with Gasteiger partial charge in [-0.2, -0.15) is 5.10 Å². The zero-order valence-electron chi connectivity index (χ0n) is 16.6. The molecule has 0 radical (unpaired) electrons. The maximum atomic E-state index is 12.3. The molecule has 30 heavy (non-hydrogen) atoms. The minimum absolute atomic E-state index is 0.0743. The van der Waals surface area contributed by atoms with Gasteiger partial charge in [0.1, 0.15) is 0 Å². The number of hydrogen-bond donors (Lipinski definition) is 3. The number of ether oxygens (including phenoxy) is 2. The van der Waals surface area contributed by atoms with Gasteiger partial charge in [-0.1, -0.05) is 0 Å². The second-order valence-electron chi connectivity index (χ2n) is 6.18. The summed E-state index contributed by atoms with van der Waals surface area (Å²) in [7, 11) is 2.97. The number of H-pyrrole nitrogens is 1. The lowest BCUT2D eigenvalue weighted by molar-refractivity contribution is -0.120. The first-order valence-electron chi connectivity index (χ1n) is 8.87. The molecule has 3 rings (SSSR count). The number of pyridine rings is 1. The third-order valence-electron chi connectivity index (χ3n) is 4.27. The third kappa shape index (κ3) is 4.49. The van der Waals surface area contributed by atoms with Gasteiger partial charge in [0.2, 0.25) is 0 Å². The number of carbonyl (C=O) groups excluding carboxylic acids is 2. The smallest absolute Gasteiger partial charge is 0.259 e. The van der Waals surface area contributed by atoms with E-state index in [1.54, 1.807) is 30.6 Å². The molecule has 0 aliphatic carbocycles. The van der Waals surface area contributed by atoms with Gasteiger partial charge in [-0.25, -0.2) is 5.43 Å². The van der Waals surface area contributed by atoms with Crippen LogP contribution in [-0.2, 0) is 4.79 Å². The summed E-state index contributed by atoms with van der Waals surface area (Å²) in [6, 6.07) is 6.16. The highest BCUT2D eigenvalue weighted by molar-refractivity contribution is 7.17. The molecule has 0 aliphatic rings. The summed E-state index contributed by atoms with van der Waals surface area (Å²) in [5, 5.41) is 8.38. The molecular weight excluding hydrogens is 408 g/mol. The quantitative estimate of drug-likeness (QED) is 0.392. The number of hydrazone groups is 1. The number of benzene rings is 1. The lowest BCUT2D eigenvalue weighted by Gasteiger charge is -2.09. The fourth-order valence-corrected chi connectivity index (χ4v) is 3.71. The molecule has 2 amide bonds. The van der Waals surface area contributed by atoms with E-state index in [9.17, 15) is 14.4 Å². The van der Waals surface area contributed by atoms with E-state index < -0.39 is 11.8 Å². The van der Waals surface area contributed by atoms with E-state index in [-0.39, 0.29) is 12.0 Å². The van der Waals surface area contributed by atoms with Crippen LogP contribution >= 0.6 is 11.3 Å². The first kappa shape index (κ1) is 21.1. The molecule has 0 aliphatic heterocycles. The molecular formula is C20H20N4O5S. The first-order valence-corrected chi connectivity index (χ1v) is 9.75. The van der Waals surface area contributed by atoms with Crippen molar-refractivity contribution < 1.29 is 19.1 Å². The molecule has 0 atom stereocenters. The van der Waals surface area contributed by atoms with Crippen molar-refractivity contribution >= 4 is 39.1 Å². The van der Waals surface area contributed by atoms with Crippen molar-refractivity contribution in [3.8, 4) is 11.5 Å². The minimum Gasteiger partial charge on any atom is -0.493 e. The number of thiophene rings is 1. The van der Waals surface area contributed by atoms with Crippen LogP contribution in [0, 0.1) is 0 Å². The molecule has 2 heterocycles. The van der Waals surface area contributed by atoms with Crippen LogP contribution in [0.3, 0.4) is 0 Å². The van der Waals surface area contributed by atoms with Gasteiger partial charge in [0.25, 0.3) is 11.8 Å². The van der Waals surface area contributed by atoms with Gasteiger partial charge in [0.05, 0.1) is 36.7 Å². The molecule has 2 aromatic heterocycles. The summed E-state index contributed by atoms with van der Waals surface area (Å²) in [5.74, 6) is -0.0147. The van der Waals surface area contributed by atoms with Crippen LogP contribution in [0.15, 0.2) is 45.7 Å². The number of amides is 2. The minimum atomic E-state index is -0.490. The molecule has 0 saturated carbocycles. The largest absolute Gasteiger partial charge is 0.493 e. The van der Waals surface area contributed by atoms with Crippen molar-refractivity contribution in [1.29, 1.82) is 0 Å². The molecule has 0 spiro atoms. The molecule has 9 nitrogen and oxygen atoms in total. The molecule has 10 heteroatoms. The average Bonchev–Trinajstić information content (AvgIpc) is 3.20. The fourth-order valence-electron chi connectivity index (χ4n) is 2.71. The van der Waals surface area contributed by atoms with Gasteiger partial charge in [-0.15, -0.1) is 11.3 Å².